The number of likely N-dealkylation sites (tertiary alicyclic amines) is 1. The van der Waals surface area contributed by atoms with Crippen molar-refractivity contribution < 1.29 is 62.6 Å². The van der Waals surface area contributed by atoms with Gasteiger partial charge in [-0.1, -0.05) is 59.8 Å². The van der Waals surface area contributed by atoms with Crippen molar-refractivity contribution in [1.82, 2.24) is 15.5 Å². The van der Waals surface area contributed by atoms with Crippen LogP contribution in [0.4, 0.5) is 0 Å². The van der Waals surface area contributed by atoms with Gasteiger partial charge in [0.25, 0.3) is 11.7 Å². The zero-order valence-corrected chi connectivity index (χ0v) is 41.5. The van der Waals surface area contributed by atoms with E-state index in [1.807, 2.05) is 26.8 Å². The van der Waals surface area contributed by atoms with E-state index < -0.39 is 94.6 Å². The third-order valence-electron chi connectivity index (χ3n) is 14.4. The minimum absolute atomic E-state index is 0.00104. The van der Waals surface area contributed by atoms with Gasteiger partial charge in [-0.25, -0.2) is 0 Å². The summed E-state index contributed by atoms with van der Waals surface area (Å²) in [4.78, 5) is 76.9. The largest absolute Gasteiger partial charge is 0.507 e. The van der Waals surface area contributed by atoms with Crippen LogP contribution in [-0.2, 0) is 38.1 Å². The van der Waals surface area contributed by atoms with E-state index in [4.69, 9.17) is 33.4 Å². The monoisotopic (exact) mass is 944 g/mol. The Hall–Kier alpha value is -5.36. The van der Waals surface area contributed by atoms with Gasteiger partial charge in [0.1, 0.15) is 29.0 Å². The van der Waals surface area contributed by atoms with E-state index >= 15 is 0 Å². The van der Waals surface area contributed by atoms with Gasteiger partial charge in [0, 0.05) is 86.9 Å². The molecule has 8 rings (SSSR count). The number of benzene rings is 1. The predicted octanol–water partition coefficient (Wildman–Crippen LogP) is 6.11. The number of aliphatic carboxylic acids is 1. The van der Waals surface area contributed by atoms with Gasteiger partial charge in [0.15, 0.2) is 11.7 Å². The fourth-order valence-electron chi connectivity index (χ4n) is 10.5. The number of nitrogens with zero attached hydrogens (tertiary/aromatic N) is 2. The molecule has 1 aliphatic carbocycles. The molecule has 1 aromatic rings. The quantitative estimate of drug-likeness (QED) is 0.187. The first-order valence-corrected chi connectivity index (χ1v) is 23.7. The van der Waals surface area contributed by atoms with E-state index in [0.29, 0.717) is 31.8 Å². The number of aliphatic imine (C=N–C) groups is 1. The SMILES string of the molecule is CO[C@H]1/C=C/O[C@@]2(C)Oc3c(C)c(O)c4c(c3C2=O)C2=NC3(CCN(CC(C)C)CC3)NC2=C(NC(=O)/C(C)=C\C=C\[C@H](C)[C@@H]2OC(C)(C)O[C@@H]([C@@H](C)[C@H](OC(=O)C(C)C(=O)O)[C@@H]1C)[C@@H]2C)C4=O. The highest BCUT2D eigenvalue weighted by atomic mass is 16.7. The number of Topliss-reactive ketones (excluding diaryl/α,β-unsaturated/α-hetero) is 2. The maximum Gasteiger partial charge on any atom is 0.320 e. The summed E-state index contributed by atoms with van der Waals surface area (Å²) in [6.45, 7) is 23.7. The molecule has 4 N–H and O–H groups in total. The number of piperidine rings is 1. The summed E-state index contributed by atoms with van der Waals surface area (Å²) in [5.41, 5.74) is -0.208. The molecular weight excluding hydrogens is 877 g/mol. The van der Waals surface area contributed by atoms with Gasteiger partial charge in [-0.15, -0.1) is 0 Å². The highest BCUT2D eigenvalue weighted by molar-refractivity contribution is 6.34. The molecular formula is C51H68N4O13. The van der Waals surface area contributed by atoms with Crippen LogP contribution < -0.4 is 15.4 Å². The minimum atomic E-state index is -2.01. The highest BCUT2D eigenvalue weighted by Gasteiger charge is 2.55. The number of carboxylic acid groups (broad SMARTS) is 1. The number of amides is 1. The van der Waals surface area contributed by atoms with Crippen LogP contribution in [0.15, 0.2) is 52.5 Å². The molecule has 2 fully saturated rings. The number of phenolic OH excluding ortho intramolecular Hbond substituents is 1. The maximum atomic E-state index is 14.9. The number of fused-ring (bicyclic) bond motifs is 9. The van der Waals surface area contributed by atoms with Crippen molar-refractivity contribution in [2.45, 2.75) is 138 Å². The molecule has 10 atom stereocenters. The number of carboxylic acids is 1. The van der Waals surface area contributed by atoms with Crippen molar-refractivity contribution >= 4 is 35.1 Å². The number of carbonyl (C=O) groups excluding carboxylic acids is 4. The molecule has 1 aromatic carbocycles. The first-order valence-electron chi connectivity index (χ1n) is 23.7. The Morgan fingerprint density at radius 2 is 1.59 bits per heavy atom. The van der Waals surface area contributed by atoms with Crippen molar-refractivity contribution in [3.63, 3.8) is 0 Å². The van der Waals surface area contributed by atoms with Crippen molar-refractivity contribution in [3.05, 3.63) is 69.8 Å². The molecule has 7 aliphatic rings. The van der Waals surface area contributed by atoms with Crippen LogP contribution >= 0.6 is 0 Å². The van der Waals surface area contributed by atoms with E-state index in [0.717, 1.165) is 6.54 Å². The molecule has 0 saturated carbocycles. The maximum absolute atomic E-state index is 14.9. The fraction of sp³-hybridized carbons (Fsp3) is 0.608. The molecule has 6 aliphatic heterocycles. The average Bonchev–Trinajstić information content (AvgIpc) is 3.78. The summed E-state index contributed by atoms with van der Waals surface area (Å²) >= 11 is 0. The average molecular weight is 945 g/mol. The third kappa shape index (κ3) is 9.26. The molecule has 68 heavy (non-hydrogen) atoms. The number of hydrogen-bond acceptors (Lipinski definition) is 15. The summed E-state index contributed by atoms with van der Waals surface area (Å²) in [5.74, 6) is -10.5. The van der Waals surface area contributed by atoms with Crippen molar-refractivity contribution in [2.24, 2.45) is 40.5 Å². The summed E-state index contributed by atoms with van der Waals surface area (Å²) < 4.78 is 37.7. The van der Waals surface area contributed by atoms with E-state index in [9.17, 15) is 34.2 Å². The Morgan fingerprint density at radius 1 is 0.926 bits per heavy atom. The lowest BCUT2D eigenvalue weighted by Gasteiger charge is -2.50. The Labute approximate surface area is 398 Å². The van der Waals surface area contributed by atoms with Crippen molar-refractivity contribution in [2.75, 3.05) is 26.7 Å². The van der Waals surface area contributed by atoms with Gasteiger partial charge in [0.05, 0.1) is 47.1 Å². The number of allylic oxidation sites excluding steroid dienone is 4. The number of hydrogen-bond donors (Lipinski definition) is 4. The molecule has 370 valence electrons. The predicted molar refractivity (Wildman–Crippen MR) is 250 cm³/mol. The molecule has 1 spiro atoms. The normalized spacial score (nSPS) is 33.6. The molecule has 17 heteroatoms. The standard InChI is InChI=1S/C51H68N4O13/c1-24(2)23-55-20-18-51(19-21-55)53-36-33-34-39(56)28(6)44-35(33)45(58)50(12,68-44)64-22-17-32(63-13)27(5)42(65-48(62)31(9)47(60)61)30(8)43-29(7)41(66-49(10,11)67-43)25(3)15-14-16-26(4)46(59)52-38(40(34)57)37(36)54-51/h14-17,22,24-25,27,29-32,41-43,54,56H,18-21,23H2,1-13H3,(H,52,59)(H,60,61)/b15-14+,22-17+,26-16-/t25-,27+,29+,30-,31?,32-,41-,42+,43+,50-/m0/s1. The van der Waals surface area contributed by atoms with Gasteiger partial charge >= 0.3 is 17.7 Å². The number of ketones is 2. The Morgan fingerprint density at radius 3 is 2.22 bits per heavy atom. The van der Waals surface area contributed by atoms with Crippen LogP contribution in [0, 0.1) is 42.4 Å². The molecule has 0 radical (unpaired) electrons. The number of methoxy groups -OCH3 is 1. The van der Waals surface area contributed by atoms with E-state index in [-0.39, 0.29) is 62.5 Å². The lowest BCUT2D eigenvalue weighted by atomic mass is 9.77. The molecule has 1 amide bonds. The van der Waals surface area contributed by atoms with Crippen LogP contribution in [0.3, 0.4) is 0 Å². The molecule has 7 bridgehead atoms. The summed E-state index contributed by atoms with van der Waals surface area (Å²) in [6, 6.07) is 0. The summed E-state index contributed by atoms with van der Waals surface area (Å²) in [6.07, 6.45) is 6.43. The topological polar surface area (TPSA) is 221 Å². The molecule has 6 heterocycles. The second-order valence-electron chi connectivity index (χ2n) is 20.5. The van der Waals surface area contributed by atoms with Gasteiger partial charge in [-0.3, -0.25) is 29.0 Å². The van der Waals surface area contributed by atoms with Gasteiger partial charge in [0.2, 0.25) is 5.78 Å². The number of nitrogens with one attached hydrogen (secondary N) is 2. The van der Waals surface area contributed by atoms with Crippen molar-refractivity contribution in [1.29, 1.82) is 0 Å². The van der Waals surface area contributed by atoms with Crippen LogP contribution in [-0.4, -0.2) is 119 Å². The molecule has 0 aromatic heterocycles. The number of aromatic hydroxyl groups is 1. The number of esters is 1. The Kier molecular flexibility index (Phi) is 14.0. The summed E-state index contributed by atoms with van der Waals surface area (Å²) in [7, 11) is 1.46. The van der Waals surface area contributed by atoms with E-state index in [1.165, 1.54) is 34.1 Å². The zero-order valence-electron chi connectivity index (χ0n) is 41.5. The number of ether oxygens (including phenoxy) is 6. The Bertz CT molecular complexity index is 2410. The van der Waals surface area contributed by atoms with Crippen molar-refractivity contribution in [3.8, 4) is 11.5 Å². The fourth-order valence-corrected chi connectivity index (χ4v) is 10.5. The van der Waals surface area contributed by atoms with Crippen LogP contribution in [0.5, 0.6) is 11.5 Å². The lowest BCUT2D eigenvalue weighted by molar-refractivity contribution is -0.336. The van der Waals surface area contributed by atoms with Crippen LogP contribution in [0.25, 0.3) is 0 Å². The molecule has 17 nitrogen and oxygen atoms in total. The summed E-state index contributed by atoms with van der Waals surface area (Å²) in [5, 5.41) is 28.0. The second kappa shape index (κ2) is 18.9. The lowest BCUT2D eigenvalue weighted by Crippen LogP contribution is -2.57. The first kappa shape index (κ1) is 50.5. The van der Waals surface area contributed by atoms with E-state index in [2.05, 4.69) is 29.4 Å². The molecule has 2 saturated heterocycles. The first-order chi connectivity index (χ1) is 31.8. The van der Waals surface area contributed by atoms with Gasteiger partial charge in [-0.05, 0) is 46.6 Å². The second-order valence-corrected chi connectivity index (χ2v) is 20.5. The minimum Gasteiger partial charge on any atom is -0.507 e. The zero-order chi connectivity index (χ0) is 49.9. The Balaban J connectivity index is 1.36. The van der Waals surface area contributed by atoms with E-state index in [1.54, 1.807) is 45.9 Å². The highest BCUT2D eigenvalue weighted by Crippen LogP contribution is 2.50. The van der Waals surface area contributed by atoms with Gasteiger partial charge < -0.3 is 54.2 Å². The smallest absolute Gasteiger partial charge is 0.320 e. The van der Waals surface area contributed by atoms with Gasteiger partial charge in [-0.2, -0.15) is 0 Å². The number of carbonyl (C=O) groups is 5. The number of rotatable bonds is 6. The third-order valence-corrected chi connectivity index (χ3v) is 14.4. The number of phenols is 1. The van der Waals surface area contributed by atoms with Crippen LogP contribution in [0.1, 0.15) is 121 Å². The molecule has 1 unspecified atom stereocenters. The van der Waals surface area contributed by atoms with Crippen LogP contribution in [0.2, 0.25) is 0 Å².